The first kappa shape index (κ1) is 15.4. The Morgan fingerprint density at radius 1 is 1.43 bits per heavy atom. The number of aliphatic hydroxyl groups excluding tert-OH is 1. The SMILES string of the molecule is O=C(c1ccc([N+](=O)[O-])cc1F)N(CCO)C1CCCC1. The van der Waals surface area contributed by atoms with Crippen molar-refractivity contribution in [1.82, 2.24) is 4.90 Å². The van der Waals surface area contributed by atoms with E-state index in [9.17, 15) is 19.3 Å². The lowest BCUT2D eigenvalue weighted by atomic mass is 10.1. The lowest BCUT2D eigenvalue weighted by molar-refractivity contribution is -0.385. The van der Waals surface area contributed by atoms with Crippen molar-refractivity contribution in [3.05, 3.63) is 39.7 Å². The fraction of sp³-hybridized carbons (Fsp3) is 0.500. The fourth-order valence-corrected chi connectivity index (χ4v) is 2.72. The number of nitro groups is 1. The van der Waals surface area contributed by atoms with Crippen LogP contribution in [0.5, 0.6) is 0 Å². The molecule has 1 amide bonds. The number of nitrogens with zero attached hydrogens (tertiary/aromatic N) is 2. The van der Waals surface area contributed by atoms with Crippen LogP contribution >= 0.6 is 0 Å². The van der Waals surface area contributed by atoms with Crippen LogP contribution in [0.4, 0.5) is 10.1 Å². The number of amides is 1. The van der Waals surface area contributed by atoms with Crippen LogP contribution in [0, 0.1) is 15.9 Å². The van der Waals surface area contributed by atoms with Crippen molar-refractivity contribution in [1.29, 1.82) is 0 Å². The van der Waals surface area contributed by atoms with Crippen LogP contribution in [-0.4, -0.2) is 40.0 Å². The van der Waals surface area contributed by atoms with Crippen molar-refractivity contribution in [2.75, 3.05) is 13.2 Å². The summed E-state index contributed by atoms with van der Waals surface area (Å²) >= 11 is 0. The number of benzene rings is 1. The number of nitro benzene ring substituents is 1. The average Bonchev–Trinajstić information content (AvgIpc) is 2.97. The molecule has 0 bridgehead atoms. The van der Waals surface area contributed by atoms with E-state index in [4.69, 9.17) is 5.11 Å². The van der Waals surface area contributed by atoms with Gasteiger partial charge in [0.1, 0.15) is 5.82 Å². The molecular weight excluding hydrogens is 279 g/mol. The maximum Gasteiger partial charge on any atom is 0.272 e. The molecule has 7 heteroatoms. The molecule has 0 aliphatic heterocycles. The molecule has 0 radical (unpaired) electrons. The molecule has 0 unspecified atom stereocenters. The molecule has 1 saturated carbocycles. The van der Waals surface area contributed by atoms with Gasteiger partial charge in [-0.3, -0.25) is 14.9 Å². The van der Waals surface area contributed by atoms with Gasteiger partial charge in [0.15, 0.2) is 0 Å². The van der Waals surface area contributed by atoms with E-state index in [-0.39, 0.29) is 24.8 Å². The van der Waals surface area contributed by atoms with Crippen molar-refractivity contribution in [2.24, 2.45) is 0 Å². The molecule has 0 spiro atoms. The van der Waals surface area contributed by atoms with E-state index in [1.54, 1.807) is 0 Å². The summed E-state index contributed by atoms with van der Waals surface area (Å²) in [5, 5.41) is 19.7. The van der Waals surface area contributed by atoms with Gasteiger partial charge in [0.25, 0.3) is 11.6 Å². The molecule has 0 aromatic heterocycles. The maximum atomic E-state index is 13.9. The number of non-ortho nitro benzene ring substituents is 1. The number of halogens is 1. The topological polar surface area (TPSA) is 83.7 Å². The van der Waals surface area contributed by atoms with Gasteiger partial charge in [0.05, 0.1) is 23.2 Å². The summed E-state index contributed by atoms with van der Waals surface area (Å²) in [7, 11) is 0. The number of hydrogen-bond acceptors (Lipinski definition) is 4. The Morgan fingerprint density at radius 2 is 2.10 bits per heavy atom. The van der Waals surface area contributed by atoms with E-state index in [1.165, 1.54) is 4.90 Å². The predicted molar refractivity (Wildman–Crippen MR) is 73.4 cm³/mol. The van der Waals surface area contributed by atoms with Gasteiger partial charge in [-0.2, -0.15) is 0 Å². The molecule has 114 valence electrons. The highest BCUT2D eigenvalue weighted by Gasteiger charge is 2.29. The smallest absolute Gasteiger partial charge is 0.272 e. The second kappa shape index (κ2) is 6.62. The van der Waals surface area contributed by atoms with Gasteiger partial charge in [-0.25, -0.2) is 4.39 Å². The predicted octanol–water partition coefficient (Wildman–Crippen LogP) is 2.11. The van der Waals surface area contributed by atoms with E-state index in [1.807, 2.05) is 0 Å². The first-order chi connectivity index (χ1) is 10.0. The van der Waals surface area contributed by atoms with Gasteiger partial charge >= 0.3 is 0 Å². The van der Waals surface area contributed by atoms with Crippen LogP contribution in [0.1, 0.15) is 36.0 Å². The van der Waals surface area contributed by atoms with Gasteiger partial charge in [0.2, 0.25) is 0 Å². The monoisotopic (exact) mass is 296 g/mol. The minimum absolute atomic E-state index is 0.000702. The van der Waals surface area contributed by atoms with E-state index < -0.39 is 22.3 Å². The highest BCUT2D eigenvalue weighted by molar-refractivity contribution is 5.95. The van der Waals surface area contributed by atoms with Crippen LogP contribution in [0.3, 0.4) is 0 Å². The molecule has 21 heavy (non-hydrogen) atoms. The standard InChI is InChI=1S/C14H17FN2O4/c15-13-9-11(17(20)21)5-6-12(13)14(19)16(7-8-18)10-3-1-2-4-10/h5-6,9-10,18H,1-4,7-8H2. The molecule has 1 aliphatic carbocycles. The number of rotatable bonds is 5. The van der Waals surface area contributed by atoms with E-state index in [0.29, 0.717) is 0 Å². The van der Waals surface area contributed by atoms with Crippen LogP contribution < -0.4 is 0 Å². The second-order valence-electron chi connectivity index (χ2n) is 5.08. The molecule has 1 aromatic carbocycles. The molecule has 2 rings (SSSR count). The van der Waals surface area contributed by atoms with Crippen molar-refractivity contribution < 1.29 is 19.2 Å². The van der Waals surface area contributed by atoms with Crippen molar-refractivity contribution in [3.8, 4) is 0 Å². The van der Waals surface area contributed by atoms with Gasteiger partial charge < -0.3 is 10.0 Å². The third-order valence-electron chi connectivity index (χ3n) is 3.76. The first-order valence-electron chi connectivity index (χ1n) is 6.90. The highest BCUT2D eigenvalue weighted by atomic mass is 19.1. The third-order valence-corrected chi connectivity index (χ3v) is 3.76. The van der Waals surface area contributed by atoms with E-state index >= 15 is 0 Å². The summed E-state index contributed by atoms with van der Waals surface area (Å²) in [4.78, 5) is 23.8. The third kappa shape index (κ3) is 3.36. The van der Waals surface area contributed by atoms with Gasteiger partial charge in [0, 0.05) is 18.7 Å². The summed E-state index contributed by atoms with van der Waals surface area (Å²) in [6.07, 6.45) is 3.67. The summed E-state index contributed by atoms with van der Waals surface area (Å²) in [6.45, 7) is -0.0588. The van der Waals surface area contributed by atoms with Crippen LogP contribution in [0.15, 0.2) is 18.2 Å². The molecule has 1 N–H and O–H groups in total. The minimum atomic E-state index is -0.907. The average molecular weight is 296 g/mol. The van der Waals surface area contributed by atoms with Gasteiger partial charge in [-0.1, -0.05) is 12.8 Å². The molecule has 0 saturated heterocycles. The minimum Gasteiger partial charge on any atom is -0.395 e. The maximum absolute atomic E-state index is 13.9. The number of aliphatic hydroxyl groups is 1. The largest absolute Gasteiger partial charge is 0.395 e. The Bertz CT molecular complexity index is 544. The lowest BCUT2D eigenvalue weighted by Crippen LogP contribution is -2.41. The Hall–Kier alpha value is -2.02. The second-order valence-corrected chi connectivity index (χ2v) is 5.08. The summed E-state index contributed by atoms with van der Waals surface area (Å²) in [5.74, 6) is -1.43. The van der Waals surface area contributed by atoms with E-state index in [2.05, 4.69) is 0 Å². The molecule has 0 heterocycles. The number of carbonyl (C=O) groups excluding carboxylic acids is 1. The Balaban J connectivity index is 2.25. The fourth-order valence-electron chi connectivity index (χ4n) is 2.72. The molecule has 1 fully saturated rings. The summed E-state index contributed by atoms with van der Waals surface area (Å²) < 4.78 is 13.9. The number of carbonyl (C=O) groups is 1. The Morgan fingerprint density at radius 3 is 2.62 bits per heavy atom. The highest BCUT2D eigenvalue weighted by Crippen LogP contribution is 2.26. The van der Waals surface area contributed by atoms with Gasteiger partial charge in [-0.15, -0.1) is 0 Å². The van der Waals surface area contributed by atoms with Gasteiger partial charge in [-0.05, 0) is 18.9 Å². The lowest BCUT2D eigenvalue weighted by Gasteiger charge is -2.28. The summed E-state index contributed by atoms with van der Waals surface area (Å²) in [6, 6.07) is 3.00. The van der Waals surface area contributed by atoms with Crippen LogP contribution in [0.2, 0.25) is 0 Å². The Kier molecular flexibility index (Phi) is 4.85. The van der Waals surface area contributed by atoms with Crippen LogP contribution in [-0.2, 0) is 0 Å². The normalized spacial score (nSPS) is 15.1. The van der Waals surface area contributed by atoms with E-state index in [0.717, 1.165) is 43.9 Å². The number of hydrogen-bond donors (Lipinski definition) is 1. The van der Waals surface area contributed by atoms with Crippen molar-refractivity contribution in [2.45, 2.75) is 31.7 Å². The Labute approximate surface area is 121 Å². The van der Waals surface area contributed by atoms with Crippen molar-refractivity contribution >= 4 is 11.6 Å². The zero-order chi connectivity index (χ0) is 15.4. The zero-order valence-electron chi connectivity index (χ0n) is 11.5. The molecule has 1 aromatic rings. The molecule has 1 aliphatic rings. The summed E-state index contributed by atoms with van der Waals surface area (Å²) in [5.41, 5.74) is -0.584. The molecule has 6 nitrogen and oxygen atoms in total. The zero-order valence-corrected chi connectivity index (χ0v) is 11.5. The molecular formula is C14H17FN2O4. The van der Waals surface area contributed by atoms with Crippen molar-refractivity contribution in [3.63, 3.8) is 0 Å². The molecule has 0 atom stereocenters. The first-order valence-corrected chi connectivity index (χ1v) is 6.90. The van der Waals surface area contributed by atoms with Crippen LogP contribution in [0.25, 0.3) is 0 Å². The quantitative estimate of drug-likeness (QED) is 0.666.